The van der Waals surface area contributed by atoms with Crippen molar-refractivity contribution in [2.24, 2.45) is 5.92 Å². The van der Waals surface area contributed by atoms with Crippen LogP contribution in [0.15, 0.2) is 77.7 Å². The minimum atomic E-state index is -0.611. The van der Waals surface area contributed by atoms with Gasteiger partial charge in [0.25, 0.3) is 0 Å². The van der Waals surface area contributed by atoms with Crippen molar-refractivity contribution in [1.82, 2.24) is 0 Å². The summed E-state index contributed by atoms with van der Waals surface area (Å²) in [6, 6.07) is 23.1. The van der Waals surface area contributed by atoms with E-state index in [0.717, 1.165) is 27.3 Å². The molecule has 0 saturated carbocycles. The Balaban J connectivity index is 1.55. The van der Waals surface area contributed by atoms with Gasteiger partial charge >= 0.3 is 0 Å². The highest BCUT2D eigenvalue weighted by molar-refractivity contribution is 7.99. The first-order valence-electron chi connectivity index (χ1n) is 12.2. The van der Waals surface area contributed by atoms with Crippen LogP contribution in [0.4, 0.5) is 11.4 Å². The number of hydrogen-bond acceptors (Lipinski definition) is 6. The van der Waals surface area contributed by atoms with Crippen LogP contribution < -0.4 is 10.6 Å². The molecule has 37 heavy (non-hydrogen) atoms. The summed E-state index contributed by atoms with van der Waals surface area (Å²) in [7, 11) is 0. The van der Waals surface area contributed by atoms with E-state index in [1.54, 1.807) is 11.8 Å². The van der Waals surface area contributed by atoms with Crippen LogP contribution >= 0.6 is 11.8 Å². The van der Waals surface area contributed by atoms with Crippen molar-refractivity contribution in [2.45, 2.75) is 50.8 Å². The van der Waals surface area contributed by atoms with E-state index < -0.39 is 6.29 Å². The molecule has 1 fully saturated rings. The Bertz CT molecular complexity index is 1220. The maximum Gasteiger partial charge on any atom is 0.221 e. The second-order valence-corrected chi connectivity index (χ2v) is 10.2. The standard InChI is InChI=1S/C29H32N2O5S/c1-18-27(17-37-26-13-11-24(12-14-26)30-19(2)33)35-29(23-5-4-6-25(15-23)31-20(3)34)36-28(18)22-9-7-21(16-32)8-10-22/h4-15,18,27-29,32H,16-17H2,1-3H3,(H,30,33)(H,31,34). The Morgan fingerprint density at radius 3 is 2.19 bits per heavy atom. The van der Waals surface area contributed by atoms with Gasteiger partial charge in [-0.1, -0.05) is 43.3 Å². The largest absolute Gasteiger partial charge is 0.392 e. The molecule has 7 nitrogen and oxygen atoms in total. The van der Waals surface area contributed by atoms with Gasteiger partial charge in [-0.15, -0.1) is 11.8 Å². The van der Waals surface area contributed by atoms with Gasteiger partial charge in [0.1, 0.15) is 0 Å². The minimum absolute atomic E-state index is 0.0109. The zero-order valence-corrected chi connectivity index (χ0v) is 22.0. The van der Waals surface area contributed by atoms with Crippen LogP contribution in [0.5, 0.6) is 0 Å². The monoisotopic (exact) mass is 520 g/mol. The molecule has 2 amide bonds. The lowest BCUT2D eigenvalue weighted by Gasteiger charge is -2.41. The topological polar surface area (TPSA) is 96.9 Å². The third kappa shape index (κ3) is 7.20. The smallest absolute Gasteiger partial charge is 0.221 e. The Labute approximate surface area is 221 Å². The molecule has 1 heterocycles. The van der Waals surface area contributed by atoms with Crippen LogP contribution in [0.25, 0.3) is 0 Å². The highest BCUT2D eigenvalue weighted by Crippen LogP contribution is 2.43. The third-order valence-corrected chi connectivity index (χ3v) is 7.29. The van der Waals surface area contributed by atoms with Crippen molar-refractivity contribution in [3.05, 3.63) is 89.5 Å². The van der Waals surface area contributed by atoms with Gasteiger partial charge in [0.05, 0.1) is 18.8 Å². The highest BCUT2D eigenvalue weighted by atomic mass is 32.2. The summed E-state index contributed by atoms with van der Waals surface area (Å²) in [4.78, 5) is 23.9. The van der Waals surface area contributed by atoms with E-state index in [9.17, 15) is 14.7 Å². The van der Waals surface area contributed by atoms with E-state index in [1.165, 1.54) is 13.8 Å². The summed E-state index contributed by atoms with van der Waals surface area (Å²) in [6.45, 7) is 5.08. The van der Waals surface area contributed by atoms with Gasteiger partial charge in [-0.05, 0) is 47.5 Å². The van der Waals surface area contributed by atoms with Gasteiger partial charge in [-0.25, -0.2) is 0 Å². The van der Waals surface area contributed by atoms with E-state index in [1.807, 2.05) is 72.8 Å². The molecule has 4 atom stereocenters. The zero-order valence-electron chi connectivity index (χ0n) is 21.1. The molecule has 4 rings (SSSR count). The summed E-state index contributed by atoms with van der Waals surface area (Å²) in [5.41, 5.74) is 4.14. The summed E-state index contributed by atoms with van der Waals surface area (Å²) in [5.74, 6) is 0.520. The van der Waals surface area contributed by atoms with Crippen LogP contribution in [0.3, 0.4) is 0 Å². The lowest BCUT2D eigenvalue weighted by Crippen LogP contribution is -2.38. The molecular weight excluding hydrogens is 488 g/mol. The van der Waals surface area contributed by atoms with E-state index >= 15 is 0 Å². The van der Waals surface area contributed by atoms with E-state index in [0.29, 0.717) is 11.4 Å². The molecule has 0 spiro atoms. The van der Waals surface area contributed by atoms with Gasteiger partial charge in [-0.3, -0.25) is 9.59 Å². The zero-order chi connectivity index (χ0) is 26.4. The molecule has 0 bridgehead atoms. The number of carbonyl (C=O) groups is 2. The summed E-state index contributed by atoms with van der Waals surface area (Å²) >= 11 is 1.69. The molecule has 0 aromatic heterocycles. The number of ether oxygens (including phenoxy) is 2. The van der Waals surface area contributed by atoms with Crippen molar-refractivity contribution in [3.63, 3.8) is 0 Å². The van der Waals surface area contributed by atoms with Crippen molar-refractivity contribution < 1.29 is 24.2 Å². The Morgan fingerprint density at radius 2 is 1.54 bits per heavy atom. The molecule has 0 radical (unpaired) electrons. The SMILES string of the molecule is CC(=O)Nc1ccc(SCC2OC(c3cccc(NC(C)=O)c3)OC(c3ccc(CO)cc3)C2C)cc1. The average molecular weight is 521 g/mol. The second kappa shape index (κ2) is 12.4. The maximum atomic E-state index is 11.6. The normalized spacial score (nSPS) is 21.3. The quantitative estimate of drug-likeness (QED) is 0.331. The number of rotatable bonds is 8. The summed E-state index contributed by atoms with van der Waals surface area (Å²) in [5, 5.41) is 15.0. The fraction of sp³-hybridized carbons (Fsp3) is 0.310. The van der Waals surface area contributed by atoms with E-state index in [-0.39, 0.29) is 36.5 Å². The number of amides is 2. The molecule has 194 valence electrons. The summed E-state index contributed by atoms with van der Waals surface area (Å²) in [6.07, 6.45) is -0.950. The van der Waals surface area contributed by atoms with Crippen LogP contribution in [0.2, 0.25) is 0 Å². The maximum absolute atomic E-state index is 11.6. The van der Waals surface area contributed by atoms with Crippen molar-refractivity contribution in [3.8, 4) is 0 Å². The van der Waals surface area contributed by atoms with E-state index in [4.69, 9.17) is 9.47 Å². The first-order valence-corrected chi connectivity index (χ1v) is 13.2. The highest BCUT2D eigenvalue weighted by Gasteiger charge is 2.38. The van der Waals surface area contributed by atoms with Crippen LogP contribution in [-0.2, 0) is 25.7 Å². The number of aliphatic hydroxyl groups is 1. The predicted molar refractivity (Wildman–Crippen MR) is 145 cm³/mol. The van der Waals surface area contributed by atoms with Gasteiger partial charge in [0, 0.05) is 47.4 Å². The molecule has 0 aliphatic carbocycles. The van der Waals surface area contributed by atoms with Crippen molar-refractivity contribution >= 4 is 35.0 Å². The van der Waals surface area contributed by atoms with Crippen LogP contribution in [-0.4, -0.2) is 28.8 Å². The number of hydrogen-bond donors (Lipinski definition) is 3. The van der Waals surface area contributed by atoms with Gasteiger partial charge in [-0.2, -0.15) is 0 Å². The first-order chi connectivity index (χ1) is 17.8. The molecule has 3 aromatic rings. The molecule has 1 aliphatic rings. The lowest BCUT2D eigenvalue weighted by molar-refractivity contribution is -0.268. The average Bonchev–Trinajstić information content (AvgIpc) is 2.88. The fourth-order valence-corrected chi connectivity index (χ4v) is 5.36. The lowest BCUT2D eigenvalue weighted by atomic mass is 9.91. The number of thioether (sulfide) groups is 1. The Morgan fingerprint density at radius 1 is 0.865 bits per heavy atom. The number of anilines is 2. The van der Waals surface area contributed by atoms with Crippen molar-refractivity contribution in [2.75, 3.05) is 16.4 Å². The Hall–Kier alpha value is -3.17. The molecule has 3 N–H and O–H groups in total. The molecule has 1 saturated heterocycles. The molecule has 8 heteroatoms. The van der Waals surface area contributed by atoms with Crippen molar-refractivity contribution in [1.29, 1.82) is 0 Å². The molecule has 1 aliphatic heterocycles. The van der Waals surface area contributed by atoms with Gasteiger partial charge < -0.3 is 25.2 Å². The van der Waals surface area contributed by atoms with Crippen LogP contribution in [0, 0.1) is 5.92 Å². The predicted octanol–water partition coefficient (Wildman–Crippen LogP) is 5.68. The van der Waals surface area contributed by atoms with E-state index in [2.05, 4.69) is 17.6 Å². The third-order valence-electron chi connectivity index (χ3n) is 6.19. The van der Waals surface area contributed by atoms with Crippen LogP contribution in [0.1, 0.15) is 49.9 Å². The minimum Gasteiger partial charge on any atom is -0.392 e. The molecular formula is C29H32N2O5S. The molecule has 4 unspecified atom stereocenters. The first kappa shape index (κ1) is 26.9. The second-order valence-electron chi connectivity index (χ2n) is 9.15. The number of carbonyl (C=O) groups excluding carboxylic acids is 2. The van der Waals surface area contributed by atoms with Gasteiger partial charge in [0.15, 0.2) is 6.29 Å². The Kier molecular flexibility index (Phi) is 9.00. The molecule has 3 aromatic carbocycles. The number of nitrogens with one attached hydrogen (secondary N) is 2. The number of aliphatic hydroxyl groups excluding tert-OH is 1. The fourth-order valence-electron chi connectivity index (χ4n) is 4.29. The number of benzene rings is 3. The summed E-state index contributed by atoms with van der Waals surface area (Å²) < 4.78 is 13.0. The van der Waals surface area contributed by atoms with Gasteiger partial charge in [0.2, 0.25) is 11.8 Å².